The van der Waals surface area contributed by atoms with Gasteiger partial charge >= 0.3 is 0 Å². The number of benzene rings is 2. The molecule has 2 aromatic rings. The highest BCUT2D eigenvalue weighted by molar-refractivity contribution is 5.65. The molecule has 0 bridgehead atoms. The number of aryl methyl sites for hydroxylation is 3. The molecule has 0 fully saturated rings. The Morgan fingerprint density at radius 1 is 0.944 bits per heavy atom. The van der Waals surface area contributed by atoms with E-state index in [0.717, 1.165) is 22.5 Å². The van der Waals surface area contributed by atoms with Crippen molar-refractivity contribution in [1.82, 2.24) is 0 Å². The van der Waals surface area contributed by atoms with Crippen LogP contribution in [-0.2, 0) is 0 Å². The zero-order chi connectivity index (χ0) is 13.1. The molecular weight excluding hydrogens is 220 g/mol. The summed E-state index contributed by atoms with van der Waals surface area (Å²) in [4.78, 5) is 0. The summed E-state index contributed by atoms with van der Waals surface area (Å²) in [5, 5.41) is 12.3. The average molecular weight is 236 g/mol. The molecule has 2 aromatic carbocycles. The van der Waals surface area contributed by atoms with Crippen LogP contribution in [0.5, 0.6) is 0 Å². The van der Waals surface area contributed by atoms with Crippen LogP contribution in [0.15, 0.2) is 36.4 Å². The number of hydrogen-bond donors (Lipinski definition) is 1. The third kappa shape index (κ3) is 2.52. The molecule has 2 rings (SSSR count). The van der Waals surface area contributed by atoms with Crippen molar-refractivity contribution in [2.75, 3.05) is 5.32 Å². The predicted molar refractivity (Wildman–Crippen MR) is 75.1 cm³/mol. The highest BCUT2D eigenvalue weighted by Crippen LogP contribution is 2.23. The minimum atomic E-state index is 0.724. The van der Waals surface area contributed by atoms with E-state index in [9.17, 15) is 0 Å². The van der Waals surface area contributed by atoms with E-state index in [0.29, 0.717) is 0 Å². The molecule has 0 atom stereocenters. The van der Waals surface area contributed by atoms with Crippen LogP contribution in [0, 0.1) is 32.1 Å². The summed E-state index contributed by atoms with van der Waals surface area (Å²) < 4.78 is 0. The molecule has 0 radical (unpaired) electrons. The summed E-state index contributed by atoms with van der Waals surface area (Å²) in [6.07, 6.45) is 0. The maximum absolute atomic E-state index is 8.91. The van der Waals surface area contributed by atoms with Gasteiger partial charge in [0.15, 0.2) is 0 Å². The van der Waals surface area contributed by atoms with Gasteiger partial charge in [-0.2, -0.15) is 5.26 Å². The second-order valence-electron chi connectivity index (χ2n) is 4.58. The fourth-order valence-corrected chi connectivity index (χ4v) is 1.89. The first-order valence-electron chi connectivity index (χ1n) is 5.95. The number of nitriles is 1. The summed E-state index contributed by atoms with van der Waals surface area (Å²) in [6, 6.07) is 14.3. The van der Waals surface area contributed by atoms with E-state index in [1.165, 1.54) is 11.1 Å². The lowest BCUT2D eigenvalue weighted by Crippen LogP contribution is -1.95. The van der Waals surface area contributed by atoms with Crippen LogP contribution in [0.4, 0.5) is 11.4 Å². The van der Waals surface area contributed by atoms with Gasteiger partial charge < -0.3 is 5.32 Å². The molecule has 2 heteroatoms. The van der Waals surface area contributed by atoms with Crippen LogP contribution in [0.3, 0.4) is 0 Å². The zero-order valence-electron chi connectivity index (χ0n) is 10.9. The van der Waals surface area contributed by atoms with E-state index >= 15 is 0 Å². The molecule has 0 amide bonds. The summed E-state index contributed by atoms with van der Waals surface area (Å²) >= 11 is 0. The van der Waals surface area contributed by atoms with Crippen molar-refractivity contribution in [2.24, 2.45) is 0 Å². The predicted octanol–water partition coefficient (Wildman–Crippen LogP) is 4.23. The Morgan fingerprint density at radius 3 is 2.39 bits per heavy atom. The Bertz CT molecular complexity index is 621. The molecule has 90 valence electrons. The van der Waals surface area contributed by atoms with Crippen LogP contribution in [0.1, 0.15) is 22.3 Å². The molecule has 0 heterocycles. The van der Waals surface area contributed by atoms with Crippen molar-refractivity contribution >= 4 is 11.4 Å². The summed E-state index contributed by atoms with van der Waals surface area (Å²) in [5.74, 6) is 0. The van der Waals surface area contributed by atoms with Gasteiger partial charge in [-0.05, 0) is 61.7 Å². The largest absolute Gasteiger partial charge is 0.355 e. The first-order chi connectivity index (χ1) is 8.60. The first-order valence-corrected chi connectivity index (χ1v) is 5.95. The second kappa shape index (κ2) is 4.93. The van der Waals surface area contributed by atoms with Crippen LogP contribution < -0.4 is 5.32 Å². The number of rotatable bonds is 2. The van der Waals surface area contributed by atoms with Crippen LogP contribution in [-0.4, -0.2) is 0 Å². The van der Waals surface area contributed by atoms with Crippen molar-refractivity contribution in [1.29, 1.82) is 5.26 Å². The highest BCUT2D eigenvalue weighted by Gasteiger charge is 2.02. The molecule has 2 nitrogen and oxygen atoms in total. The maximum Gasteiger partial charge on any atom is 0.0994 e. The van der Waals surface area contributed by atoms with Gasteiger partial charge in [0, 0.05) is 11.4 Å². The van der Waals surface area contributed by atoms with Gasteiger partial charge in [-0.1, -0.05) is 12.1 Å². The van der Waals surface area contributed by atoms with Crippen molar-refractivity contribution in [3.63, 3.8) is 0 Å². The van der Waals surface area contributed by atoms with E-state index in [2.05, 4.69) is 43.4 Å². The van der Waals surface area contributed by atoms with Gasteiger partial charge in [0.05, 0.1) is 11.6 Å². The molecule has 0 aliphatic carbocycles. The minimum absolute atomic E-state index is 0.724. The molecule has 0 spiro atoms. The van der Waals surface area contributed by atoms with Crippen molar-refractivity contribution in [3.8, 4) is 6.07 Å². The number of nitrogens with zero attached hydrogens (tertiary/aromatic N) is 1. The number of anilines is 2. The average Bonchev–Trinajstić information content (AvgIpc) is 2.34. The van der Waals surface area contributed by atoms with E-state index in [1.807, 2.05) is 25.1 Å². The number of nitrogens with one attached hydrogen (secondary N) is 1. The van der Waals surface area contributed by atoms with Gasteiger partial charge in [-0.15, -0.1) is 0 Å². The molecular formula is C16H16N2. The maximum atomic E-state index is 8.91. The minimum Gasteiger partial charge on any atom is -0.355 e. The molecule has 0 saturated heterocycles. The fourth-order valence-electron chi connectivity index (χ4n) is 1.89. The molecule has 18 heavy (non-hydrogen) atoms. The lowest BCUT2D eigenvalue weighted by Gasteiger charge is -2.11. The Kier molecular flexibility index (Phi) is 3.34. The first kappa shape index (κ1) is 12.2. The zero-order valence-corrected chi connectivity index (χ0v) is 10.9. The smallest absolute Gasteiger partial charge is 0.0994 e. The fraction of sp³-hybridized carbons (Fsp3) is 0.188. The van der Waals surface area contributed by atoms with E-state index in [-0.39, 0.29) is 0 Å². The monoisotopic (exact) mass is 236 g/mol. The normalized spacial score (nSPS) is 9.89. The second-order valence-corrected chi connectivity index (χ2v) is 4.58. The lowest BCUT2D eigenvalue weighted by molar-refractivity contribution is 1.36. The standard InChI is InChI=1S/C16H16N2/c1-11-4-5-12(2)16(8-11)18-15-7-6-14(10-17)13(3)9-15/h4-9,18H,1-3H3. The van der Waals surface area contributed by atoms with Gasteiger partial charge in [0.25, 0.3) is 0 Å². The molecule has 0 saturated carbocycles. The molecule has 0 aromatic heterocycles. The SMILES string of the molecule is Cc1ccc(C)c(Nc2ccc(C#N)c(C)c2)c1. The Labute approximate surface area is 108 Å². The van der Waals surface area contributed by atoms with Crippen LogP contribution in [0.2, 0.25) is 0 Å². The van der Waals surface area contributed by atoms with Crippen LogP contribution >= 0.6 is 0 Å². The van der Waals surface area contributed by atoms with Crippen molar-refractivity contribution in [3.05, 3.63) is 58.7 Å². The molecule has 0 unspecified atom stereocenters. The molecule has 0 aliphatic heterocycles. The Hall–Kier alpha value is -2.27. The summed E-state index contributed by atoms with van der Waals surface area (Å²) in [7, 11) is 0. The van der Waals surface area contributed by atoms with Crippen molar-refractivity contribution in [2.45, 2.75) is 20.8 Å². The summed E-state index contributed by atoms with van der Waals surface area (Å²) in [5.41, 5.74) is 6.28. The van der Waals surface area contributed by atoms with E-state index in [4.69, 9.17) is 5.26 Å². The lowest BCUT2D eigenvalue weighted by atomic mass is 10.1. The van der Waals surface area contributed by atoms with E-state index in [1.54, 1.807) is 0 Å². The molecule has 0 aliphatic rings. The Balaban J connectivity index is 2.32. The van der Waals surface area contributed by atoms with Gasteiger partial charge in [0.2, 0.25) is 0 Å². The third-order valence-corrected chi connectivity index (χ3v) is 3.02. The quantitative estimate of drug-likeness (QED) is 0.847. The highest BCUT2D eigenvalue weighted by atomic mass is 14.9. The van der Waals surface area contributed by atoms with Crippen molar-refractivity contribution < 1.29 is 0 Å². The molecule has 1 N–H and O–H groups in total. The van der Waals surface area contributed by atoms with Crippen LogP contribution in [0.25, 0.3) is 0 Å². The summed E-state index contributed by atoms with van der Waals surface area (Å²) in [6.45, 7) is 6.11. The third-order valence-electron chi connectivity index (χ3n) is 3.02. The van der Waals surface area contributed by atoms with E-state index < -0.39 is 0 Å². The Morgan fingerprint density at radius 2 is 1.72 bits per heavy atom. The van der Waals surface area contributed by atoms with Gasteiger partial charge in [-0.3, -0.25) is 0 Å². The van der Waals surface area contributed by atoms with Gasteiger partial charge in [-0.25, -0.2) is 0 Å². The number of hydrogen-bond acceptors (Lipinski definition) is 2. The topological polar surface area (TPSA) is 35.8 Å². The van der Waals surface area contributed by atoms with Gasteiger partial charge in [0.1, 0.15) is 0 Å².